The molecule has 0 spiro atoms. The van der Waals surface area contributed by atoms with Gasteiger partial charge in [-0.3, -0.25) is 4.79 Å². The standard InChI is InChI=1S/C20H30N2O3/c1-15-4-2-3-5-19(15)25-14-20(23)22-17-8-6-16(7-9-17)21-18-10-12-24-13-11-18/h6-9,15,18-19,21H,2-5,10-14H2,1H3,(H,22,23)/t15-,19+/m1/s1. The summed E-state index contributed by atoms with van der Waals surface area (Å²) in [6, 6.07) is 8.36. The lowest BCUT2D eigenvalue weighted by Crippen LogP contribution is -2.29. The van der Waals surface area contributed by atoms with Crippen LogP contribution in [0.5, 0.6) is 0 Å². The minimum Gasteiger partial charge on any atom is -0.382 e. The average molecular weight is 346 g/mol. The van der Waals surface area contributed by atoms with E-state index in [1.807, 2.05) is 24.3 Å². The van der Waals surface area contributed by atoms with Gasteiger partial charge in [0.15, 0.2) is 0 Å². The van der Waals surface area contributed by atoms with Crippen LogP contribution in [0, 0.1) is 5.92 Å². The fourth-order valence-electron chi connectivity index (χ4n) is 3.64. The highest BCUT2D eigenvalue weighted by atomic mass is 16.5. The first-order valence-corrected chi connectivity index (χ1v) is 9.56. The molecule has 3 rings (SSSR count). The van der Waals surface area contributed by atoms with Crippen molar-refractivity contribution in [3.63, 3.8) is 0 Å². The first-order valence-electron chi connectivity index (χ1n) is 9.56. The molecule has 2 aliphatic rings. The molecule has 1 saturated carbocycles. The molecule has 1 aromatic carbocycles. The Hall–Kier alpha value is -1.59. The molecule has 5 nitrogen and oxygen atoms in total. The Bertz CT molecular complexity index is 540. The molecule has 138 valence electrons. The monoisotopic (exact) mass is 346 g/mol. The van der Waals surface area contributed by atoms with Crippen molar-refractivity contribution < 1.29 is 14.3 Å². The van der Waals surface area contributed by atoms with Gasteiger partial charge in [-0.15, -0.1) is 0 Å². The third-order valence-corrected chi connectivity index (χ3v) is 5.22. The minimum atomic E-state index is -0.0806. The SMILES string of the molecule is C[C@@H]1CCCC[C@@H]1OCC(=O)Nc1ccc(NC2CCOCC2)cc1. The molecule has 2 atom stereocenters. The lowest BCUT2D eigenvalue weighted by Gasteiger charge is -2.28. The van der Waals surface area contributed by atoms with Crippen molar-refractivity contribution in [3.8, 4) is 0 Å². The molecule has 5 heteroatoms. The number of rotatable bonds is 6. The Morgan fingerprint density at radius 1 is 1.08 bits per heavy atom. The molecule has 1 saturated heterocycles. The zero-order chi connectivity index (χ0) is 17.5. The van der Waals surface area contributed by atoms with Crippen LogP contribution in [0.15, 0.2) is 24.3 Å². The Labute approximate surface area is 150 Å². The maximum Gasteiger partial charge on any atom is 0.250 e. The van der Waals surface area contributed by atoms with Crippen LogP contribution in [0.3, 0.4) is 0 Å². The maximum absolute atomic E-state index is 12.1. The second-order valence-corrected chi connectivity index (χ2v) is 7.27. The molecular weight excluding hydrogens is 316 g/mol. The van der Waals surface area contributed by atoms with Crippen molar-refractivity contribution >= 4 is 17.3 Å². The van der Waals surface area contributed by atoms with Gasteiger partial charge in [-0.25, -0.2) is 0 Å². The van der Waals surface area contributed by atoms with Crippen molar-refractivity contribution in [1.82, 2.24) is 0 Å². The summed E-state index contributed by atoms with van der Waals surface area (Å²) >= 11 is 0. The van der Waals surface area contributed by atoms with Crippen LogP contribution in [0.2, 0.25) is 0 Å². The lowest BCUT2D eigenvalue weighted by atomic mass is 9.88. The number of carbonyl (C=O) groups is 1. The van der Waals surface area contributed by atoms with E-state index >= 15 is 0 Å². The van der Waals surface area contributed by atoms with Gasteiger partial charge in [-0.2, -0.15) is 0 Å². The summed E-state index contributed by atoms with van der Waals surface area (Å²) in [5, 5.41) is 6.43. The zero-order valence-electron chi connectivity index (χ0n) is 15.1. The van der Waals surface area contributed by atoms with Crippen LogP contribution in [0.1, 0.15) is 45.4 Å². The number of hydrogen-bond donors (Lipinski definition) is 2. The molecule has 2 fully saturated rings. The third-order valence-electron chi connectivity index (χ3n) is 5.22. The molecule has 0 unspecified atom stereocenters. The van der Waals surface area contributed by atoms with Crippen LogP contribution >= 0.6 is 0 Å². The number of ether oxygens (including phenoxy) is 2. The van der Waals surface area contributed by atoms with Crippen molar-refractivity contribution in [3.05, 3.63) is 24.3 Å². The molecule has 1 aliphatic carbocycles. The highest BCUT2D eigenvalue weighted by molar-refractivity contribution is 5.91. The average Bonchev–Trinajstić information content (AvgIpc) is 2.64. The first kappa shape index (κ1) is 18.2. The molecule has 25 heavy (non-hydrogen) atoms. The van der Waals surface area contributed by atoms with Crippen molar-refractivity contribution in [2.24, 2.45) is 5.92 Å². The summed E-state index contributed by atoms with van der Waals surface area (Å²) in [5.41, 5.74) is 1.89. The van der Waals surface area contributed by atoms with E-state index in [4.69, 9.17) is 9.47 Å². The Balaban J connectivity index is 1.41. The molecule has 0 bridgehead atoms. The molecule has 1 heterocycles. The smallest absolute Gasteiger partial charge is 0.250 e. The van der Waals surface area contributed by atoms with E-state index in [1.165, 1.54) is 19.3 Å². The lowest BCUT2D eigenvalue weighted by molar-refractivity contribution is -0.124. The van der Waals surface area contributed by atoms with E-state index in [9.17, 15) is 4.79 Å². The highest BCUT2D eigenvalue weighted by Gasteiger charge is 2.22. The summed E-state index contributed by atoms with van der Waals surface area (Å²) in [5.74, 6) is 0.472. The van der Waals surface area contributed by atoms with Gasteiger partial charge in [0.1, 0.15) is 6.61 Å². The Kier molecular flexibility index (Phi) is 6.70. The molecule has 0 radical (unpaired) electrons. The van der Waals surface area contributed by atoms with Crippen LogP contribution in [0.25, 0.3) is 0 Å². The third kappa shape index (κ3) is 5.72. The summed E-state index contributed by atoms with van der Waals surface area (Å²) in [7, 11) is 0. The zero-order valence-corrected chi connectivity index (χ0v) is 15.1. The van der Waals surface area contributed by atoms with Gasteiger partial charge in [-0.05, 0) is 55.9 Å². The van der Waals surface area contributed by atoms with Crippen molar-refractivity contribution in [2.75, 3.05) is 30.5 Å². The van der Waals surface area contributed by atoms with E-state index < -0.39 is 0 Å². The number of hydrogen-bond acceptors (Lipinski definition) is 4. The number of amides is 1. The number of nitrogens with one attached hydrogen (secondary N) is 2. The van der Waals surface area contributed by atoms with Crippen LogP contribution in [-0.2, 0) is 14.3 Å². The molecule has 0 aromatic heterocycles. The predicted octanol–water partition coefficient (Wildman–Crippen LogP) is 3.81. The van der Waals surface area contributed by atoms with E-state index in [-0.39, 0.29) is 18.6 Å². The van der Waals surface area contributed by atoms with E-state index in [0.717, 1.165) is 43.9 Å². The summed E-state index contributed by atoms with van der Waals surface area (Å²) in [4.78, 5) is 12.1. The van der Waals surface area contributed by atoms with Crippen LogP contribution in [0.4, 0.5) is 11.4 Å². The van der Waals surface area contributed by atoms with Crippen LogP contribution < -0.4 is 10.6 Å². The number of benzene rings is 1. The maximum atomic E-state index is 12.1. The fourth-order valence-corrected chi connectivity index (χ4v) is 3.64. The Morgan fingerprint density at radius 3 is 2.48 bits per heavy atom. The van der Waals surface area contributed by atoms with Crippen molar-refractivity contribution in [2.45, 2.75) is 57.6 Å². The largest absolute Gasteiger partial charge is 0.382 e. The fraction of sp³-hybridized carbons (Fsp3) is 0.650. The van der Waals surface area contributed by atoms with Gasteiger partial charge in [-0.1, -0.05) is 19.8 Å². The highest BCUT2D eigenvalue weighted by Crippen LogP contribution is 2.26. The molecule has 1 aliphatic heterocycles. The molecule has 1 aromatic rings. The quantitative estimate of drug-likeness (QED) is 0.822. The summed E-state index contributed by atoms with van der Waals surface area (Å²) in [6.07, 6.45) is 7.06. The van der Waals surface area contributed by atoms with Gasteiger partial charge < -0.3 is 20.1 Å². The Morgan fingerprint density at radius 2 is 1.76 bits per heavy atom. The predicted molar refractivity (Wildman–Crippen MR) is 99.9 cm³/mol. The van der Waals surface area contributed by atoms with Gasteiger partial charge in [0.25, 0.3) is 0 Å². The van der Waals surface area contributed by atoms with E-state index in [2.05, 4.69) is 17.6 Å². The molecule has 2 N–H and O–H groups in total. The topological polar surface area (TPSA) is 59.6 Å². The second-order valence-electron chi connectivity index (χ2n) is 7.27. The summed E-state index contributed by atoms with van der Waals surface area (Å²) < 4.78 is 11.2. The number of carbonyl (C=O) groups excluding carboxylic acids is 1. The van der Waals surface area contributed by atoms with Gasteiger partial charge in [0.2, 0.25) is 5.91 Å². The van der Waals surface area contributed by atoms with Gasteiger partial charge in [0.05, 0.1) is 6.10 Å². The van der Waals surface area contributed by atoms with Gasteiger partial charge in [0, 0.05) is 30.6 Å². The van der Waals surface area contributed by atoms with Crippen molar-refractivity contribution in [1.29, 1.82) is 0 Å². The second kappa shape index (κ2) is 9.20. The number of anilines is 2. The first-order chi connectivity index (χ1) is 12.2. The molecule has 1 amide bonds. The van der Waals surface area contributed by atoms with Gasteiger partial charge >= 0.3 is 0 Å². The van der Waals surface area contributed by atoms with Crippen LogP contribution in [-0.4, -0.2) is 37.9 Å². The van der Waals surface area contributed by atoms with E-state index in [0.29, 0.717) is 12.0 Å². The molecular formula is C20H30N2O3. The minimum absolute atomic E-state index is 0.0806. The summed E-state index contributed by atoms with van der Waals surface area (Å²) in [6.45, 7) is 4.00. The normalized spacial score (nSPS) is 24.7. The van der Waals surface area contributed by atoms with E-state index in [1.54, 1.807) is 0 Å².